The lowest BCUT2D eigenvalue weighted by Crippen LogP contribution is -2.70. The summed E-state index contributed by atoms with van der Waals surface area (Å²) >= 11 is 0. The lowest BCUT2D eigenvalue weighted by Gasteiger charge is -2.42. The van der Waals surface area contributed by atoms with E-state index < -0.39 is 71.5 Å². The first kappa shape index (κ1) is 30.2. The fourth-order valence-corrected chi connectivity index (χ4v) is 2.61. The van der Waals surface area contributed by atoms with Crippen LogP contribution in [0.3, 0.4) is 0 Å². The van der Waals surface area contributed by atoms with Gasteiger partial charge in [-0.3, -0.25) is 0 Å². The molecule has 0 amide bonds. The smallest absolute Gasteiger partial charge is 0.417 e. The predicted octanol–water partition coefficient (Wildman–Crippen LogP) is 4.22. The zero-order chi connectivity index (χ0) is 25.2. The minimum Gasteiger partial charge on any atom is -0.417 e. The molecule has 0 unspecified atom stereocenters. The maximum atomic E-state index is 14.2. The van der Waals surface area contributed by atoms with Gasteiger partial charge in [0.2, 0.25) is 0 Å². The van der Waals surface area contributed by atoms with Crippen molar-refractivity contribution in [2.45, 2.75) is 61.7 Å². The molecular weight excluding hydrogens is 491 g/mol. The average Bonchev–Trinajstić information content (AvgIpc) is 2.62. The van der Waals surface area contributed by atoms with Crippen molar-refractivity contribution < 1.29 is 71.0 Å². The molecule has 0 bridgehead atoms. The zero-order valence-corrected chi connectivity index (χ0v) is 18.2. The normalized spacial score (nSPS) is 15.6. The number of ether oxygens (including phenoxy) is 2. The Labute approximate surface area is 170 Å². The molecule has 0 aliphatic rings. The molecule has 0 N–H and O–H groups in total. The Hall–Kier alpha value is -0.813. The third-order valence-corrected chi connectivity index (χ3v) is 4.98. The summed E-state index contributed by atoms with van der Waals surface area (Å²) < 4.78 is 186. The minimum absolute atomic E-state index is 0.229. The van der Waals surface area contributed by atoms with Crippen LogP contribution in [-0.4, -0.2) is 78.3 Å². The van der Waals surface area contributed by atoms with E-state index in [9.17, 15) is 57.1 Å². The van der Waals surface area contributed by atoms with Gasteiger partial charge in [0, 0.05) is 13.2 Å². The van der Waals surface area contributed by atoms with Crippen molar-refractivity contribution in [3.05, 3.63) is 0 Å². The van der Waals surface area contributed by atoms with Crippen LogP contribution in [0.15, 0.2) is 0 Å². The molecule has 0 radical (unpaired) electrons. The molecule has 0 saturated heterocycles. The van der Waals surface area contributed by atoms with Crippen molar-refractivity contribution in [2.24, 2.45) is 0 Å². The summed E-state index contributed by atoms with van der Waals surface area (Å²) in [6.07, 6.45) is -9.96. The lowest BCUT2D eigenvalue weighted by molar-refractivity contribution is -0.441. The summed E-state index contributed by atoms with van der Waals surface area (Å²) in [5.41, 5.74) is -2.61. The van der Waals surface area contributed by atoms with Crippen molar-refractivity contribution >= 4 is 10.5 Å². The Morgan fingerprint density at radius 2 is 0.935 bits per heavy atom. The van der Waals surface area contributed by atoms with E-state index in [1.54, 1.807) is 0 Å². The van der Waals surface area contributed by atoms with Crippen LogP contribution in [0.2, 0.25) is 0 Å². The molecule has 0 aliphatic heterocycles. The van der Waals surface area contributed by atoms with Crippen molar-refractivity contribution in [1.82, 2.24) is 0 Å². The maximum Gasteiger partial charge on any atom is 0.460 e. The summed E-state index contributed by atoms with van der Waals surface area (Å²) in [7, 11) is -0.516. The van der Waals surface area contributed by atoms with Gasteiger partial charge in [-0.2, -0.15) is 57.1 Å². The molecule has 0 saturated carbocycles. The predicted molar refractivity (Wildman–Crippen MR) is 82.1 cm³/mol. The third kappa shape index (κ3) is 5.40. The van der Waals surface area contributed by atoms with Crippen LogP contribution in [0.25, 0.3) is 0 Å². The molecule has 0 aliphatic carbocycles. The van der Waals surface area contributed by atoms with Crippen LogP contribution in [0.4, 0.5) is 57.1 Å². The number of halogens is 13. The Morgan fingerprint density at radius 1 is 0.581 bits per heavy atom. The zero-order valence-electron chi connectivity index (χ0n) is 16.2. The van der Waals surface area contributed by atoms with E-state index in [1.807, 2.05) is 0 Å². The molecule has 0 spiro atoms. The van der Waals surface area contributed by atoms with E-state index in [2.05, 4.69) is 0 Å². The molecule has 0 heterocycles. The molecule has 17 heteroatoms. The summed E-state index contributed by atoms with van der Waals surface area (Å²) in [4.78, 5) is 0. The van der Waals surface area contributed by atoms with Crippen LogP contribution in [0.1, 0.15) is 20.3 Å². The molecule has 0 aromatic heterocycles. The van der Waals surface area contributed by atoms with E-state index in [1.165, 1.54) is 13.8 Å². The van der Waals surface area contributed by atoms with Gasteiger partial charge in [0.15, 0.2) is 0 Å². The van der Waals surface area contributed by atoms with Gasteiger partial charge in [-0.15, -0.1) is 0 Å². The summed E-state index contributed by atoms with van der Waals surface area (Å²) in [5, 5.41) is 0. The van der Waals surface area contributed by atoms with Crippen LogP contribution in [0.5, 0.6) is 0 Å². The molecule has 3 nitrogen and oxygen atoms in total. The second-order valence-electron chi connectivity index (χ2n) is 6.34. The lowest BCUT2D eigenvalue weighted by atomic mass is 9.87. The number of alkyl halides is 13. The first-order valence-electron chi connectivity index (χ1n) is 8.30. The van der Waals surface area contributed by atoms with E-state index in [4.69, 9.17) is 13.9 Å². The summed E-state index contributed by atoms with van der Waals surface area (Å²) in [6, 6.07) is 0. The molecule has 0 aromatic carbocycles. The molecule has 0 fully saturated rings. The van der Waals surface area contributed by atoms with Crippen LogP contribution < -0.4 is 0 Å². The quantitative estimate of drug-likeness (QED) is 0.275. The summed E-state index contributed by atoms with van der Waals surface area (Å²) in [5.74, 6) is -37.2. The highest BCUT2D eigenvalue weighted by Crippen LogP contribution is 2.61. The highest BCUT2D eigenvalue weighted by Gasteiger charge is 2.90. The monoisotopic (exact) mass is 510 g/mol. The Balaban J connectivity index is 6.34. The molecule has 31 heavy (non-hydrogen) atoms. The van der Waals surface area contributed by atoms with Crippen molar-refractivity contribution in [3.63, 3.8) is 0 Å². The van der Waals surface area contributed by atoms with Crippen LogP contribution >= 0.6 is 0 Å². The van der Waals surface area contributed by atoms with Gasteiger partial charge in [0.05, 0.1) is 19.6 Å². The topological polar surface area (TPSA) is 27.7 Å². The maximum absolute atomic E-state index is 14.2. The molecule has 0 rings (SSSR count). The number of hydrogen-bond donors (Lipinski definition) is 0. The highest BCUT2D eigenvalue weighted by atomic mass is 28.2. The molecule has 0 aromatic rings. The highest BCUT2D eigenvalue weighted by molar-refractivity contribution is 5.98. The minimum atomic E-state index is -7.94. The Morgan fingerprint density at radius 3 is 1.23 bits per heavy atom. The Kier molecular flexibility index (Phi) is 9.33. The van der Waals surface area contributed by atoms with Gasteiger partial charge in [-0.1, -0.05) is 0 Å². The summed E-state index contributed by atoms with van der Waals surface area (Å²) in [6.45, 7) is 0.177. The average molecular weight is 510 g/mol. The van der Waals surface area contributed by atoms with Crippen LogP contribution in [-0.2, 0) is 13.9 Å². The molecule has 0 atom stereocenters. The second kappa shape index (κ2) is 9.58. The first-order chi connectivity index (χ1) is 13.6. The largest absolute Gasteiger partial charge is 0.460 e. The second-order valence-corrected chi connectivity index (χ2v) is 6.75. The van der Waals surface area contributed by atoms with E-state index >= 15 is 0 Å². The van der Waals surface area contributed by atoms with Gasteiger partial charge in [-0.25, -0.2) is 0 Å². The molecular formula is C14H19F13O3Si. The van der Waals surface area contributed by atoms with E-state index in [-0.39, 0.29) is 13.2 Å². The van der Waals surface area contributed by atoms with Crippen molar-refractivity contribution in [1.29, 1.82) is 0 Å². The SMILES string of the molecule is CCOCC(COCC)(CC(F)(F)C(F)(F)C(F)(F)C(F)(F)C(F)(F)C(F)(F)F)O[SiH3]. The molecule has 188 valence electrons. The van der Waals surface area contributed by atoms with E-state index in [0.717, 1.165) is 0 Å². The van der Waals surface area contributed by atoms with Crippen LogP contribution in [0, 0.1) is 0 Å². The van der Waals surface area contributed by atoms with Gasteiger partial charge in [-0.05, 0) is 13.8 Å². The van der Waals surface area contributed by atoms with Gasteiger partial charge in [0.25, 0.3) is 0 Å². The van der Waals surface area contributed by atoms with Gasteiger partial charge >= 0.3 is 35.8 Å². The van der Waals surface area contributed by atoms with Crippen molar-refractivity contribution in [2.75, 3.05) is 26.4 Å². The fourth-order valence-electron chi connectivity index (χ4n) is 2.23. The van der Waals surface area contributed by atoms with E-state index in [0.29, 0.717) is 0 Å². The van der Waals surface area contributed by atoms with Gasteiger partial charge in [0.1, 0.15) is 16.1 Å². The van der Waals surface area contributed by atoms with Gasteiger partial charge < -0.3 is 13.9 Å². The Bertz CT molecular complexity index is 572. The van der Waals surface area contributed by atoms with Crippen molar-refractivity contribution in [3.8, 4) is 0 Å². The number of hydrogen-bond acceptors (Lipinski definition) is 3. The number of rotatable bonds is 13. The fraction of sp³-hybridized carbons (Fsp3) is 1.00. The standard InChI is InChI=1S/C14H19F13O3Si/c1-3-28-6-8(30-31,7-29-4-2)5-9(15,16)10(17,18)11(19,20)12(21,22)13(23,24)14(25,26)27/h3-7H2,1-2,31H3. The third-order valence-electron chi connectivity index (χ3n) is 4.11. The first-order valence-corrected chi connectivity index (χ1v) is 9.12.